The second-order valence-electron chi connectivity index (χ2n) is 6.61. The summed E-state index contributed by atoms with van der Waals surface area (Å²) in [6, 6.07) is 11.2. The predicted octanol–water partition coefficient (Wildman–Crippen LogP) is 3.13. The molecule has 0 fully saturated rings. The molecule has 3 aromatic rings. The zero-order valence-electron chi connectivity index (χ0n) is 16.4. The van der Waals surface area contributed by atoms with E-state index in [1.54, 1.807) is 31.5 Å². The van der Waals surface area contributed by atoms with Crippen molar-refractivity contribution in [3.05, 3.63) is 54.4 Å². The van der Waals surface area contributed by atoms with Gasteiger partial charge in [-0.1, -0.05) is 30.0 Å². The van der Waals surface area contributed by atoms with Crippen LogP contribution in [-0.2, 0) is 20.7 Å². The van der Waals surface area contributed by atoms with E-state index in [1.165, 1.54) is 16.7 Å². The van der Waals surface area contributed by atoms with Crippen LogP contribution in [0.5, 0.6) is 0 Å². The van der Waals surface area contributed by atoms with Crippen LogP contribution in [0.2, 0.25) is 0 Å². The molecule has 1 atom stereocenters. The lowest BCUT2D eigenvalue weighted by Crippen LogP contribution is -2.41. The molecule has 0 saturated heterocycles. The Morgan fingerprint density at radius 3 is 2.83 bits per heavy atom. The number of hydrogen-bond acceptors (Lipinski definition) is 8. The fourth-order valence-electron chi connectivity index (χ4n) is 3.29. The summed E-state index contributed by atoms with van der Waals surface area (Å²) in [6.45, 7) is 1.87. The number of anilines is 1. The number of amides is 1. The minimum atomic E-state index is -0.461. The average Bonchev–Trinajstić information content (AvgIpc) is 3.20. The van der Waals surface area contributed by atoms with E-state index in [4.69, 9.17) is 9.15 Å². The Morgan fingerprint density at radius 2 is 2.03 bits per heavy atom. The monoisotopic (exact) mass is 424 g/mol. The largest absolute Gasteiger partial charge is 0.465 e. The summed E-state index contributed by atoms with van der Waals surface area (Å²) in [6.07, 6.45) is 4.58. The minimum absolute atomic E-state index is 0.132. The lowest BCUT2D eigenvalue weighted by molar-refractivity contribution is -0.142. The Labute approximate surface area is 177 Å². The highest BCUT2D eigenvalue weighted by atomic mass is 32.2. The lowest BCUT2D eigenvalue weighted by Gasteiger charge is -2.24. The number of pyridine rings is 1. The Balaban J connectivity index is 1.56. The van der Waals surface area contributed by atoms with Crippen LogP contribution >= 0.6 is 11.8 Å². The summed E-state index contributed by atoms with van der Waals surface area (Å²) < 4.78 is 10.8. The highest BCUT2D eigenvalue weighted by Gasteiger charge is 2.33. The van der Waals surface area contributed by atoms with Crippen LogP contribution in [0, 0.1) is 0 Å². The molecular formula is C21H20N4O4S. The maximum atomic E-state index is 13.3. The third-order valence-electron chi connectivity index (χ3n) is 4.67. The number of para-hydroxylation sites is 1. The van der Waals surface area contributed by atoms with E-state index in [0.29, 0.717) is 24.0 Å². The van der Waals surface area contributed by atoms with Crippen molar-refractivity contribution in [2.75, 3.05) is 18.1 Å². The summed E-state index contributed by atoms with van der Waals surface area (Å²) in [5.74, 6) is -0.252. The minimum Gasteiger partial charge on any atom is -0.465 e. The van der Waals surface area contributed by atoms with Crippen LogP contribution in [-0.4, -0.2) is 45.5 Å². The van der Waals surface area contributed by atoms with Crippen molar-refractivity contribution in [2.45, 2.75) is 30.2 Å². The van der Waals surface area contributed by atoms with Crippen molar-refractivity contribution in [3.63, 3.8) is 0 Å². The standard InChI is InChI=1S/C21H20N4O4S/c1-2-28-18(26)13-25-16-6-4-3-5-14(16)7-8-17(20(25)27)30-21-24-23-19(29-21)15-9-11-22-12-10-15/h3-6,9-12,17H,2,7-8,13H2,1H3/t17-/m0/s1. The van der Waals surface area contributed by atoms with Gasteiger partial charge in [-0.05, 0) is 43.5 Å². The van der Waals surface area contributed by atoms with Crippen molar-refractivity contribution in [2.24, 2.45) is 0 Å². The number of carbonyl (C=O) groups excluding carboxylic acids is 2. The number of carbonyl (C=O) groups is 2. The Bertz CT molecular complexity index is 1040. The molecule has 1 amide bonds. The summed E-state index contributed by atoms with van der Waals surface area (Å²) in [7, 11) is 0. The number of nitrogens with zero attached hydrogens (tertiary/aromatic N) is 4. The molecule has 154 valence electrons. The molecular weight excluding hydrogens is 404 g/mol. The van der Waals surface area contributed by atoms with Crippen LogP contribution < -0.4 is 4.90 Å². The normalized spacial score (nSPS) is 16.1. The number of aromatic nitrogens is 3. The molecule has 8 nitrogen and oxygen atoms in total. The van der Waals surface area contributed by atoms with Gasteiger partial charge in [0.25, 0.3) is 5.22 Å². The van der Waals surface area contributed by atoms with Crippen LogP contribution in [0.15, 0.2) is 58.4 Å². The number of fused-ring (bicyclic) bond motifs is 1. The van der Waals surface area contributed by atoms with Gasteiger partial charge in [0.15, 0.2) is 0 Å². The van der Waals surface area contributed by atoms with Gasteiger partial charge < -0.3 is 9.15 Å². The third kappa shape index (κ3) is 4.35. The van der Waals surface area contributed by atoms with Gasteiger partial charge in [-0.25, -0.2) is 0 Å². The molecule has 0 radical (unpaired) electrons. The van der Waals surface area contributed by atoms with Crippen molar-refractivity contribution in [1.82, 2.24) is 15.2 Å². The summed E-state index contributed by atoms with van der Waals surface area (Å²) in [5.41, 5.74) is 2.51. The van der Waals surface area contributed by atoms with E-state index in [2.05, 4.69) is 15.2 Å². The van der Waals surface area contributed by atoms with Crippen molar-refractivity contribution in [1.29, 1.82) is 0 Å². The molecule has 9 heteroatoms. The maximum Gasteiger partial charge on any atom is 0.326 e. The number of esters is 1. The average molecular weight is 424 g/mol. The molecule has 1 aliphatic heterocycles. The number of ether oxygens (including phenoxy) is 1. The third-order valence-corrected chi connectivity index (χ3v) is 5.76. The molecule has 3 heterocycles. The maximum absolute atomic E-state index is 13.3. The molecule has 30 heavy (non-hydrogen) atoms. The number of benzene rings is 1. The number of hydrogen-bond donors (Lipinski definition) is 0. The summed E-state index contributed by atoms with van der Waals surface area (Å²) >= 11 is 1.22. The Kier molecular flexibility index (Phi) is 6.08. The highest BCUT2D eigenvalue weighted by molar-refractivity contribution is 8.00. The second kappa shape index (κ2) is 9.08. The van der Waals surface area contributed by atoms with Gasteiger partial charge in [-0.3, -0.25) is 19.5 Å². The van der Waals surface area contributed by atoms with Crippen LogP contribution in [0.1, 0.15) is 18.9 Å². The van der Waals surface area contributed by atoms with Crippen LogP contribution in [0.4, 0.5) is 5.69 Å². The molecule has 0 bridgehead atoms. The van der Waals surface area contributed by atoms with Crippen LogP contribution in [0.25, 0.3) is 11.5 Å². The van der Waals surface area contributed by atoms with Gasteiger partial charge >= 0.3 is 5.97 Å². The number of rotatable bonds is 6. The topological polar surface area (TPSA) is 98.4 Å². The SMILES string of the molecule is CCOC(=O)CN1C(=O)[C@@H](Sc2nnc(-c3ccncc3)o2)CCc2ccccc21. The van der Waals surface area contributed by atoms with E-state index < -0.39 is 11.2 Å². The zero-order chi connectivity index (χ0) is 20.9. The molecule has 2 aromatic heterocycles. The molecule has 0 spiro atoms. The smallest absolute Gasteiger partial charge is 0.326 e. The van der Waals surface area contributed by atoms with Crippen LogP contribution in [0.3, 0.4) is 0 Å². The predicted molar refractivity (Wildman–Crippen MR) is 111 cm³/mol. The van der Waals surface area contributed by atoms with E-state index in [1.807, 2.05) is 24.3 Å². The summed E-state index contributed by atoms with van der Waals surface area (Å²) in [5, 5.41) is 7.99. The number of thioether (sulfide) groups is 1. The first-order valence-corrected chi connectivity index (χ1v) is 10.5. The van der Waals surface area contributed by atoms with Gasteiger partial charge in [0, 0.05) is 23.6 Å². The Hall–Kier alpha value is -3.20. The van der Waals surface area contributed by atoms with Crippen molar-refractivity contribution >= 4 is 29.3 Å². The van der Waals surface area contributed by atoms with Gasteiger partial charge in [-0.2, -0.15) is 0 Å². The first-order valence-electron chi connectivity index (χ1n) is 9.61. The first-order chi connectivity index (χ1) is 14.7. The van der Waals surface area contributed by atoms with Gasteiger partial charge in [0.1, 0.15) is 6.54 Å². The van der Waals surface area contributed by atoms with Crippen molar-refractivity contribution < 1.29 is 18.7 Å². The molecule has 4 rings (SSSR count). The Morgan fingerprint density at radius 1 is 1.23 bits per heavy atom. The fraction of sp³-hybridized carbons (Fsp3) is 0.286. The van der Waals surface area contributed by atoms with Crippen molar-refractivity contribution in [3.8, 4) is 11.5 Å². The molecule has 0 unspecified atom stereocenters. The quantitative estimate of drug-likeness (QED) is 0.557. The van der Waals surface area contributed by atoms with E-state index in [9.17, 15) is 9.59 Å². The second-order valence-corrected chi connectivity index (χ2v) is 7.77. The molecule has 1 aliphatic rings. The van der Waals surface area contributed by atoms with Gasteiger partial charge in [-0.15, -0.1) is 10.2 Å². The highest BCUT2D eigenvalue weighted by Crippen LogP contribution is 2.34. The fourth-order valence-corrected chi connectivity index (χ4v) is 4.21. The first kappa shape index (κ1) is 20.1. The van der Waals surface area contributed by atoms with E-state index >= 15 is 0 Å². The zero-order valence-corrected chi connectivity index (χ0v) is 17.2. The summed E-state index contributed by atoms with van der Waals surface area (Å²) in [4.78, 5) is 30.9. The molecule has 0 saturated carbocycles. The van der Waals surface area contributed by atoms with Gasteiger partial charge in [0.2, 0.25) is 11.8 Å². The molecule has 0 aliphatic carbocycles. The van der Waals surface area contributed by atoms with Gasteiger partial charge in [0.05, 0.1) is 11.9 Å². The lowest BCUT2D eigenvalue weighted by atomic mass is 10.1. The molecule has 0 N–H and O–H groups in total. The number of aryl methyl sites for hydroxylation is 1. The van der Waals surface area contributed by atoms with E-state index in [-0.39, 0.29) is 19.1 Å². The molecule has 1 aromatic carbocycles. The van der Waals surface area contributed by atoms with E-state index in [0.717, 1.165) is 16.8 Å².